The van der Waals surface area contributed by atoms with Crippen molar-refractivity contribution in [3.8, 4) is 17.7 Å². The second-order valence-electron chi connectivity index (χ2n) is 10.8. The summed E-state index contributed by atoms with van der Waals surface area (Å²) in [4.78, 5) is 15.2. The summed E-state index contributed by atoms with van der Waals surface area (Å²) in [6, 6.07) is 19.4. The number of aryl methyl sites for hydroxylation is 1. The maximum atomic E-state index is 15.4. The van der Waals surface area contributed by atoms with E-state index in [0.717, 1.165) is 72.5 Å². The van der Waals surface area contributed by atoms with Gasteiger partial charge in [0.25, 0.3) is 0 Å². The SMILES string of the molecule is CCOc1ccc(C2=C(c3ccc(O[C@H]4CCN(CCCF)C4)cc3)c3ccc(C#N)cc3CCC2)c(F)n1.O=C(O)C(F)(F)F. The van der Waals surface area contributed by atoms with Gasteiger partial charge in [0.1, 0.15) is 11.9 Å². The average molecular weight is 644 g/mol. The molecule has 1 aliphatic heterocycles. The third kappa shape index (κ3) is 8.81. The first-order valence-electron chi connectivity index (χ1n) is 15.0. The number of nitrogens with zero attached hydrogens (tertiary/aromatic N) is 3. The quantitative estimate of drug-likeness (QED) is 0.194. The minimum absolute atomic E-state index is 0.0808. The lowest BCUT2D eigenvalue weighted by molar-refractivity contribution is -0.192. The van der Waals surface area contributed by atoms with Gasteiger partial charge in [0.05, 0.1) is 24.9 Å². The molecular formula is C34H34F5N3O4. The molecule has 1 aliphatic carbocycles. The van der Waals surface area contributed by atoms with Crippen LogP contribution < -0.4 is 9.47 Å². The molecule has 0 saturated carbocycles. The lowest BCUT2D eigenvalue weighted by Gasteiger charge is -2.19. The number of rotatable bonds is 9. The second-order valence-corrected chi connectivity index (χ2v) is 10.8. The largest absolute Gasteiger partial charge is 0.490 e. The normalized spacial score (nSPS) is 16.5. The molecule has 1 aromatic heterocycles. The van der Waals surface area contributed by atoms with Gasteiger partial charge in [-0.15, -0.1) is 0 Å². The zero-order valence-corrected chi connectivity index (χ0v) is 25.2. The van der Waals surface area contributed by atoms with Crippen LogP contribution in [0.1, 0.15) is 60.4 Å². The number of fused-ring (bicyclic) bond motifs is 1. The monoisotopic (exact) mass is 643 g/mol. The number of aromatic nitrogens is 1. The Kier molecular flexibility index (Phi) is 11.7. The van der Waals surface area contributed by atoms with Crippen molar-refractivity contribution in [2.75, 3.05) is 32.9 Å². The Morgan fingerprint density at radius 3 is 2.46 bits per heavy atom. The molecule has 2 aromatic carbocycles. The number of hydrogen-bond acceptors (Lipinski definition) is 6. The van der Waals surface area contributed by atoms with Gasteiger partial charge in [0.15, 0.2) is 0 Å². The Morgan fingerprint density at radius 2 is 1.83 bits per heavy atom. The predicted octanol–water partition coefficient (Wildman–Crippen LogP) is 7.23. The van der Waals surface area contributed by atoms with Gasteiger partial charge in [0, 0.05) is 31.3 Å². The topological polar surface area (TPSA) is 95.7 Å². The maximum absolute atomic E-state index is 15.4. The van der Waals surface area contributed by atoms with E-state index in [9.17, 15) is 22.8 Å². The van der Waals surface area contributed by atoms with E-state index in [-0.39, 0.29) is 18.7 Å². The molecule has 7 nitrogen and oxygen atoms in total. The van der Waals surface area contributed by atoms with Crippen LogP contribution in [-0.2, 0) is 11.2 Å². The second kappa shape index (κ2) is 15.7. The highest BCUT2D eigenvalue weighted by atomic mass is 19.4. The number of ether oxygens (including phenoxy) is 2. The van der Waals surface area contributed by atoms with Crippen molar-refractivity contribution in [1.82, 2.24) is 9.88 Å². The highest BCUT2D eigenvalue weighted by molar-refractivity contribution is 6.00. The minimum Gasteiger partial charge on any atom is -0.489 e. The smallest absolute Gasteiger partial charge is 0.489 e. The molecule has 46 heavy (non-hydrogen) atoms. The molecule has 0 bridgehead atoms. The fourth-order valence-electron chi connectivity index (χ4n) is 5.60. The molecule has 5 rings (SSSR count). The van der Waals surface area contributed by atoms with Crippen molar-refractivity contribution < 1.29 is 41.3 Å². The number of likely N-dealkylation sites (tertiary alicyclic amines) is 1. The summed E-state index contributed by atoms with van der Waals surface area (Å²) in [7, 11) is 0. The number of hydrogen-bond donors (Lipinski definition) is 1. The number of halogens is 5. The highest BCUT2D eigenvalue weighted by Crippen LogP contribution is 2.41. The van der Waals surface area contributed by atoms with Gasteiger partial charge in [-0.3, -0.25) is 9.29 Å². The Morgan fingerprint density at radius 1 is 1.11 bits per heavy atom. The summed E-state index contributed by atoms with van der Waals surface area (Å²) in [5, 5.41) is 16.6. The van der Waals surface area contributed by atoms with Crippen LogP contribution in [0.4, 0.5) is 22.0 Å². The third-order valence-electron chi connectivity index (χ3n) is 7.64. The van der Waals surface area contributed by atoms with E-state index in [1.807, 2.05) is 49.4 Å². The number of allylic oxidation sites excluding steroid dienone is 1. The number of nitriles is 1. The van der Waals surface area contributed by atoms with Gasteiger partial charge in [-0.2, -0.15) is 27.8 Å². The molecule has 1 N–H and O–H groups in total. The zero-order chi connectivity index (χ0) is 33.3. The minimum atomic E-state index is -5.08. The molecule has 3 aromatic rings. The summed E-state index contributed by atoms with van der Waals surface area (Å²) >= 11 is 0. The predicted molar refractivity (Wildman–Crippen MR) is 162 cm³/mol. The van der Waals surface area contributed by atoms with Crippen molar-refractivity contribution in [2.45, 2.75) is 51.3 Å². The van der Waals surface area contributed by atoms with Crippen LogP contribution in [0, 0.1) is 17.3 Å². The molecule has 0 radical (unpaired) electrons. The van der Waals surface area contributed by atoms with E-state index in [2.05, 4.69) is 16.0 Å². The van der Waals surface area contributed by atoms with Crippen LogP contribution in [0.15, 0.2) is 54.6 Å². The number of alkyl halides is 4. The van der Waals surface area contributed by atoms with Gasteiger partial charge in [0.2, 0.25) is 11.8 Å². The summed E-state index contributed by atoms with van der Waals surface area (Å²) in [5.74, 6) is -2.26. The molecule has 1 atom stereocenters. The number of carboxylic acids is 1. The molecular weight excluding hydrogens is 609 g/mol. The number of carbonyl (C=O) groups is 1. The molecule has 1 saturated heterocycles. The number of benzene rings is 2. The van der Waals surface area contributed by atoms with Crippen molar-refractivity contribution in [3.05, 3.63) is 88.4 Å². The molecule has 0 spiro atoms. The molecule has 1 fully saturated rings. The van der Waals surface area contributed by atoms with E-state index >= 15 is 4.39 Å². The van der Waals surface area contributed by atoms with Crippen LogP contribution >= 0.6 is 0 Å². The molecule has 0 unspecified atom stereocenters. The lowest BCUT2D eigenvalue weighted by atomic mass is 9.87. The summed E-state index contributed by atoms with van der Waals surface area (Å²) in [6.45, 7) is 4.45. The first kappa shape index (κ1) is 34.4. The van der Waals surface area contributed by atoms with Gasteiger partial charge < -0.3 is 14.6 Å². The van der Waals surface area contributed by atoms with E-state index in [1.165, 1.54) is 0 Å². The highest BCUT2D eigenvalue weighted by Gasteiger charge is 2.38. The van der Waals surface area contributed by atoms with Crippen LogP contribution in [0.5, 0.6) is 11.6 Å². The average Bonchev–Trinajstić information content (AvgIpc) is 3.39. The standard InChI is InChI=1S/C32H33F2N3O2.C2HF3O2/c1-2-38-30-14-13-29(32(34)36-30)28-6-3-5-24-19-22(20-35)7-12-27(24)31(28)23-8-10-25(11-9-23)39-26-15-18-37(21-26)17-4-16-33;3-2(4,5)1(6)7/h7-14,19,26H,2-6,15-18,21H2,1H3;(H,6,7)/t26-;/m0./s1. The Bertz CT molecular complexity index is 1590. The molecule has 2 aliphatic rings. The van der Waals surface area contributed by atoms with Crippen LogP contribution in [-0.4, -0.2) is 66.2 Å². The first-order valence-corrected chi connectivity index (χ1v) is 15.0. The summed E-state index contributed by atoms with van der Waals surface area (Å²) < 4.78 is 71.3. The van der Waals surface area contributed by atoms with Gasteiger partial charge in [-0.25, -0.2) is 4.79 Å². The number of pyridine rings is 1. The fourth-order valence-corrected chi connectivity index (χ4v) is 5.60. The third-order valence-corrected chi connectivity index (χ3v) is 7.64. The Labute approximate surface area is 263 Å². The number of aliphatic carboxylic acids is 1. The van der Waals surface area contributed by atoms with Crippen LogP contribution in [0.3, 0.4) is 0 Å². The Balaban J connectivity index is 0.000000617. The Hall–Kier alpha value is -4.50. The molecule has 2 heterocycles. The van der Waals surface area contributed by atoms with E-state index < -0.39 is 18.1 Å². The van der Waals surface area contributed by atoms with Crippen LogP contribution in [0.25, 0.3) is 11.1 Å². The van der Waals surface area contributed by atoms with Crippen LogP contribution in [0.2, 0.25) is 0 Å². The van der Waals surface area contributed by atoms with Gasteiger partial charge in [-0.05, 0) is 97.2 Å². The molecule has 244 valence electrons. The summed E-state index contributed by atoms with van der Waals surface area (Å²) in [6.07, 6.45) is -1.23. The molecule has 0 amide bonds. The maximum Gasteiger partial charge on any atom is 0.490 e. The van der Waals surface area contributed by atoms with Gasteiger partial charge >= 0.3 is 12.1 Å². The molecule has 12 heteroatoms. The zero-order valence-electron chi connectivity index (χ0n) is 25.2. The van der Waals surface area contributed by atoms with Crippen molar-refractivity contribution in [3.63, 3.8) is 0 Å². The lowest BCUT2D eigenvalue weighted by Crippen LogP contribution is -2.26. The van der Waals surface area contributed by atoms with Crippen molar-refractivity contribution in [1.29, 1.82) is 5.26 Å². The van der Waals surface area contributed by atoms with Crippen molar-refractivity contribution >= 4 is 17.1 Å². The fraction of sp³-hybridized carbons (Fsp3) is 0.382. The number of carboxylic acid groups (broad SMARTS) is 1. The summed E-state index contributed by atoms with van der Waals surface area (Å²) in [5.41, 5.74) is 5.95. The van der Waals surface area contributed by atoms with E-state index in [4.69, 9.17) is 19.4 Å². The first-order chi connectivity index (χ1) is 22.0. The van der Waals surface area contributed by atoms with Gasteiger partial charge in [-0.1, -0.05) is 18.2 Å². The van der Waals surface area contributed by atoms with E-state index in [1.54, 1.807) is 12.1 Å². The van der Waals surface area contributed by atoms with E-state index in [0.29, 0.717) is 30.6 Å². The van der Waals surface area contributed by atoms with Crippen molar-refractivity contribution in [2.24, 2.45) is 0 Å².